The maximum absolute atomic E-state index is 5.97. The van der Waals surface area contributed by atoms with E-state index in [-0.39, 0.29) is 0 Å². The van der Waals surface area contributed by atoms with Gasteiger partial charge in [-0.1, -0.05) is 11.6 Å². The van der Waals surface area contributed by atoms with Gasteiger partial charge in [-0.15, -0.1) is 0 Å². The maximum atomic E-state index is 5.97. The summed E-state index contributed by atoms with van der Waals surface area (Å²) in [7, 11) is 0. The van der Waals surface area contributed by atoms with Crippen LogP contribution in [0.25, 0.3) is 0 Å². The summed E-state index contributed by atoms with van der Waals surface area (Å²) in [4.78, 5) is 3.93. The van der Waals surface area contributed by atoms with Crippen molar-refractivity contribution in [2.24, 2.45) is 0 Å². The van der Waals surface area contributed by atoms with Crippen molar-refractivity contribution in [2.45, 2.75) is 6.04 Å². The Hall–Kier alpha value is -0.840. The zero-order valence-corrected chi connectivity index (χ0v) is 9.13. The molecular formula is C10H14ClN3O. The number of ether oxygens (including phenoxy) is 1. The van der Waals surface area contributed by atoms with Crippen LogP contribution in [-0.4, -0.2) is 37.3 Å². The zero-order valence-electron chi connectivity index (χ0n) is 8.37. The lowest BCUT2D eigenvalue weighted by Crippen LogP contribution is -2.45. The molecule has 0 saturated carbocycles. The molecular weight excluding hydrogens is 214 g/mol. The molecule has 1 fully saturated rings. The molecule has 1 aromatic rings. The molecule has 0 bridgehead atoms. The lowest BCUT2D eigenvalue weighted by Gasteiger charge is -2.24. The van der Waals surface area contributed by atoms with Crippen LogP contribution in [0.15, 0.2) is 18.5 Å². The van der Waals surface area contributed by atoms with Crippen LogP contribution in [0, 0.1) is 0 Å². The highest BCUT2D eigenvalue weighted by atomic mass is 35.5. The first-order valence-corrected chi connectivity index (χ1v) is 5.38. The highest BCUT2D eigenvalue weighted by Crippen LogP contribution is 2.18. The Morgan fingerprint density at radius 1 is 1.67 bits per heavy atom. The van der Waals surface area contributed by atoms with Crippen molar-refractivity contribution in [1.82, 2.24) is 10.3 Å². The van der Waals surface area contributed by atoms with Gasteiger partial charge in [-0.05, 0) is 6.07 Å². The largest absolute Gasteiger partial charge is 0.382 e. The Balaban J connectivity index is 1.84. The molecule has 0 aromatic carbocycles. The molecule has 1 saturated heterocycles. The maximum Gasteiger partial charge on any atom is 0.0820 e. The van der Waals surface area contributed by atoms with E-state index < -0.39 is 0 Å². The van der Waals surface area contributed by atoms with E-state index in [9.17, 15) is 0 Å². The topological polar surface area (TPSA) is 46.2 Å². The minimum atomic E-state index is 0.350. The van der Waals surface area contributed by atoms with Crippen molar-refractivity contribution in [3.8, 4) is 0 Å². The second-order valence-corrected chi connectivity index (χ2v) is 3.87. The number of hydrogen-bond acceptors (Lipinski definition) is 4. The number of morpholine rings is 1. The SMILES string of the molecule is Clc1cnccc1NCC1COCCN1. The van der Waals surface area contributed by atoms with Gasteiger partial charge in [0.15, 0.2) is 0 Å². The third kappa shape index (κ3) is 3.06. The smallest absolute Gasteiger partial charge is 0.0820 e. The lowest BCUT2D eigenvalue weighted by molar-refractivity contribution is 0.0806. The van der Waals surface area contributed by atoms with Crippen LogP contribution in [0.3, 0.4) is 0 Å². The number of pyridine rings is 1. The van der Waals surface area contributed by atoms with Crippen LogP contribution in [0.4, 0.5) is 5.69 Å². The number of nitrogens with one attached hydrogen (secondary N) is 2. The average molecular weight is 228 g/mol. The van der Waals surface area contributed by atoms with E-state index in [1.165, 1.54) is 0 Å². The molecule has 1 aliphatic rings. The standard InChI is InChI=1S/C10H14ClN3O/c11-9-6-12-2-1-10(9)14-5-8-7-15-4-3-13-8/h1-2,6,8,13H,3-5,7H2,(H,12,14). The molecule has 1 unspecified atom stereocenters. The first-order chi connectivity index (χ1) is 7.36. The van der Waals surface area contributed by atoms with Crippen LogP contribution in [0.2, 0.25) is 5.02 Å². The monoisotopic (exact) mass is 227 g/mol. The van der Waals surface area contributed by atoms with Crippen LogP contribution in [0.1, 0.15) is 0 Å². The van der Waals surface area contributed by atoms with Crippen molar-refractivity contribution in [3.63, 3.8) is 0 Å². The van der Waals surface area contributed by atoms with Gasteiger partial charge in [0.05, 0.1) is 23.9 Å². The summed E-state index contributed by atoms with van der Waals surface area (Å²) in [6, 6.07) is 2.22. The summed E-state index contributed by atoms with van der Waals surface area (Å²) in [6.07, 6.45) is 3.35. The highest BCUT2D eigenvalue weighted by Gasteiger charge is 2.12. The van der Waals surface area contributed by atoms with Crippen molar-refractivity contribution in [3.05, 3.63) is 23.5 Å². The molecule has 82 valence electrons. The fourth-order valence-corrected chi connectivity index (χ4v) is 1.69. The van der Waals surface area contributed by atoms with Crippen molar-refractivity contribution < 1.29 is 4.74 Å². The number of nitrogens with zero attached hydrogens (tertiary/aromatic N) is 1. The van der Waals surface area contributed by atoms with E-state index in [0.717, 1.165) is 32.0 Å². The summed E-state index contributed by atoms with van der Waals surface area (Å²) in [5.74, 6) is 0. The summed E-state index contributed by atoms with van der Waals surface area (Å²) in [5.41, 5.74) is 0.916. The van der Waals surface area contributed by atoms with Gasteiger partial charge >= 0.3 is 0 Å². The zero-order chi connectivity index (χ0) is 10.5. The molecule has 4 nitrogen and oxygen atoms in total. The molecule has 2 heterocycles. The molecule has 0 spiro atoms. The predicted octanol–water partition coefficient (Wildman–Crippen LogP) is 1.14. The van der Waals surface area contributed by atoms with Crippen LogP contribution >= 0.6 is 11.6 Å². The summed E-state index contributed by atoms with van der Waals surface area (Å²) in [6.45, 7) is 3.27. The molecule has 0 amide bonds. The van der Waals surface area contributed by atoms with Gasteiger partial charge in [0.1, 0.15) is 0 Å². The third-order valence-corrected chi connectivity index (χ3v) is 2.61. The second-order valence-electron chi connectivity index (χ2n) is 3.46. The molecule has 0 aliphatic carbocycles. The highest BCUT2D eigenvalue weighted by molar-refractivity contribution is 6.33. The van der Waals surface area contributed by atoms with Gasteiger partial charge < -0.3 is 15.4 Å². The molecule has 5 heteroatoms. The summed E-state index contributed by atoms with van der Waals surface area (Å²) < 4.78 is 5.35. The Kier molecular flexibility index (Phi) is 3.77. The molecule has 1 aromatic heterocycles. The Bertz CT molecular complexity index is 315. The minimum Gasteiger partial charge on any atom is -0.382 e. The summed E-state index contributed by atoms with van der Waals surface area (Å²) in [5, 5.41) is 7.28. The van der Waals surface area contributed by atoms with Crippen molar-refractivity contribution >= 4 is 17.3 Å². The normalized spacial score (nSPS) is 21.3. The van der Waals surface area contributed by atoms with Crippen LogP contribution < -0.4 is 10.6 Å². The third-order valence-electron chi connectivity index (χ3n) is 2.31. The fourth-order valence-electron chi connectivity index (χ4n) is 1.50. The van der Waals surface area contributed by atoms with Crippen molar-refractivity contribution in [2.75, 3.05) is 31.6 Å². The number of hydrogen-bond donors (Lipinski definition) is 2. The van der Waals surface area contributed by atoms with E-state index in [2.05, 4.69) is 15.6 Å². The summed E-state index contributed by atoms with van der Waals surface area (Å²) >= 11 is 5.97. The molecule has 0 radical (unpaired) electrons. The fraction of sp³-hybridized carbons (Fsp3) is 0.500. The Morgan fingerprint density at radius 2 is 2.60 bits per heavy atom. The molecule has 1 aliphatic heterocycles. The lowest BCUT2D eigenvalue weighted by atomic mass is 10.2. The Morgan fingerprint density at radius 3 is 3.33 bits per heavy atom. The molecule has 1 atom stereocenters. The van der Waals surface area contributed by atoms with Gasteiger partial charge in [-0.2, -0.15) is 0 Å². The number of aromatic nitrogens is 1. The van der Waals surface area contributed by atoms with Crippen molar-refractivity contribution in [1.29, 1.82) is 0 Å². The van der Waals surface area contributed by atoms with Gasteiger partial charge in [-0.3, -0.25) is 4.98 Å². The average Bonchev–Trinajstić information content (AvgIpc) is 2.29. The quantitative estimate of drug-likeness (QED) is 0.813. The predicted molar refractivity (Wildman–Crippen MR) is 60.3 cm³/mol. The molecule has 2 N–H and O–H groups in total. The first-order valence-electron chi connectivity index (χ1n) is 5.01. The van der Waals surface area contributed by atoms with E-state index in [1.54, 1.807) is 12.4 Å². The number of rotatable bonds is 3. The second kappa shape index (κ2) is 5.30. The first kappa shape index (κ1) is 10.7. The van der Waals surface area contributed by atoms with Crippen LogP contribution in [-0.2, 0) is 4.74 Å². The number of halogens is 1. The van der Waals surface area contributed by atoms with E-state index >= 15 is 0 Å². The molecule has 2 rings (SSSR count). The van der Waals surface area contributed by atoms with Gasteiger partial charge in [0, 0.05) is 31.5 Å². The van der Waals surface area contributed by atoms with Gasteiger partial charge in [-0.25, -0.2) is 0 Å². The number of anilines is 1. The minimum absolute atomic E-state index is 0.350. The van der Waals surface area contributed by atoms with Crippen LogP contribution in [0.5, 0.6) is 0 Å². The van der Waals surface area contributed by atoms with E-state index in [4.69, 9.17) is 16.3 Å². The van der Waals surface area contributed by atoms with E-state index in [1.807, 2.05) is 6.07 Å². The molecule has 15 heavy (non-hydrogen) atoms. The van der Waals surface area contributed by atoms with Gasteiger partial charge in [0.2, 0.25) is 0 Å². The Labute approximate surface area is 94.0 Å². The van der Waals surface area contributed by atoms with E-state index in [0.29, 0.717) is 11.1 Å². The van der Waals surface area contributed by atoms with Gasteiger partial charge in [0.25, 0.3) is 0 Å².